The molecule has 0 fully saturated rings. The van der Waals surface area contributed by atoms with Crippen molar-refractivity contribution in [1.82, 2.24) is 0 Å². The summed E-state index contributed by atoms with van der Waals surface area (Å²) in [4.78, 5) is 22.6. The maximum absolute atomic E-state index is 15.4. The highest BCUT2D eigenvalue weighted by Gasteiger charge is 2.98. The van der Waals surface area contributed by atoms with Crippen molar-refractivity contribution in [3.63, 3.8) is 0 Å². The monoisotopic (exact) mass is 952 g/mol. The topological polar surface area (TPSA) is 74.6 Å². The summed E-state index contributed by atoms with van der Waals surface area (Å²) in [5, 5.41) is 17.2. The van der Waals surface area contributed by atoms with Gasteiger partial charge in [-0.15, -0.1) is 0 Å². The summed E-state index contributed by atoms with van der Waals surface area (Å²) in [5.74, 6) is -110. The summed E-state index contributed by atoms with van der Waals surface area (Å²) in [7, 11) is 0. The molecule has 2 atom stereocenters. The van der Waals surface area contributed by atoms with Crippen LogP contribution in [-0.2, 0) is 9.59 Å². The van der Waals surface area contributed by atoms with Gasteiger partial charge in [0.05, 0.1) is 0 Å². The van der Waals surface area contributed by atoms with Gasteiger partial charge < -0.3 is 10.2 Å². The van der Waals surface area contributed by atoms with Gasteiger partial charge in [0.2, 0.25) is 0 Å². The van der Waals surface area contributed by atoms with Gasteiger partial charge in [0.1, 0.15) is 11.1 Å². The lowest BCUT2D eigenvalue weighted by atomic mass is 9.73. The van der Waals surface area contributed by atoms with Crippen LogP contribution in [0.4, 0.5) is 149 Å². The molecule has 0 saturated heterocycles. The third-order valence-electron chi connectivity index (χ3n) is 6.88. The van der Waals surface area contributed by atoms with E-state index in [4.69, 9.17) is 10.2 Å². The molecule has 0 bridgehead atoms. The minimum absolute atomic E-state index is 5.74. The SMILES string of the molecule is O=C(O)/C(=C(\C(=O)O)C(F)(C(F)(F)F)C(F)(F)C(F)(F)C(F)(F)C(F)(F)C(F)(F)C(F)(F)F)C(F)(C(F)(F)F)C(F)(F)C(F)(F)C(F)(F)C(F)(F)C(F)(F)C(F)(F)F. The van der Waals surface area contributed by atoms with Crippen LogP contribution in [0.5, 0.6) is 0 Å². The average molecular weight is 952 g/mol. The fraction of sp³-hybridized carbons (Fsp3) is 0.800. The van der Waals surface area contributed by atoms with E-state index in [0.717, 1.165) is 0 Å². The molecule has 0 aromatic carbocycles. The number of hydrogen-bond acceptors (Lipinski definition) is 2. The van der Waals surface area contributed by atoms with Crippen LogP contribution in [0.3, 0.4) is 0 Å². The van der Waals surface area contributed by atoms with Crippen molar-refractivity contribution >= 4 is 11.9 Å². The van der Waals surface area contributed by atoms with Gasteiger partial charge in [-0.3, -0.25) is 0 Å². The van der Waals surface area contributed by atoms with Crippen LogP contribution in [0, 0.1) is 0 Å². The van der Waals surface area contributed by atoms with Crippen LogP contribution < -0.4 is 0 Å². The highest BCUT2D eigenvalue weighted by Crippen LogP contribution is 2.69. The minimum atomic E-state index is -10.3. The van der Waals surface area contributed by atoms with Crippen molar-refractivity contribution in [1.29, 1.82) is 0 Å². The second-order valence-electron chi connectivity index (χ2n) is 10.4. The number of hydrogen-bond donors (Lipinski definition) is 2. The summed E-state index contributed by atoms with van der Waals surface area (Å²) in [6.45, 7) is 0. The molecule has 2 N–H and O–H groups in total. The van der Waals surface area contributed by atoms with E-state index in [9.17, 15) is 150 Å². The van der Waals surface area contributed by atoms with Gasteiger partial charge in [-0.05, 0) is 0 Å². The molecule has 0 aliphatic heterocycles. The van der Waals surface area contributed by atoms with Crippen LogP contribution in [0.2, 0.25) is 0 Å². The smallest absolute Gasteiger partial charge is 0.460 e. The number of alkyl halides is 34. The van der Waals surface area contributed by atoms with Gasteiger partial charge in [-0.2, -0.15) is 140 Å². The van der Waals surface area contributed by atoms with Crippen LogP contribution >= 0.6 is 0 Å². The van der Waals surface area contributed by atoms with Gasteiger partial charge >= 0.3 is 107 Å². The number of carboxylic acid groups (broad SMARTS) is 2. The van der Waals surface area contributed by atoms with Gasteiger partial charge in [-0.25, -0.2) is 18.4 Å². The van der Waals surface area contributed by atoms with Crippen LogP contribution in [0.25, 0.3) is 0 Å². The first-order valence-corrected chi connectivity index (χ1v) is 12.0. The summed E-state index contributed by atoms with van der Waals surface area (Å²) >= 11 is 0. The van der Waals surface area contributed by atoms with E-state index in [1.165, 1.54) is 0 Å². The van der Waals surface area contributed by atoms with Crippen LogP contribution in [0.1, 0.15) is 0 Å². The van der Waals surface area contributed by atoms with E-state index < -0.39 is 118 Å². The molecule has 0 heterocycles. The normalized spacial score (nSPS) is 18.7. The summed E-state index contributed by atoms with van der Waals surface area (Å²) in [5.41, 5.74) is -33.3. The Morgan fingerprint density at radius 2 is 0.362 bits per heavy atom. The Balaban J connectivity index is 9.41. The quantitative estimate of drug-likeness (QED) is 0.134. The second-order valence-corrected chi connectivity index (χ2v) is 10.4. The molecule has 0 aromatic rings. The third kappa shape index (κ3) is 6.43. The molecule has 0 aliphatic carbocycles. The number of aliphatic carboxylic acids is 2. The van der Waals surface area contributed by atoms with E-state index in [-0.39, 0.29) is 0 Å². The fourth-order valence-corrected chi connectivity index (χ4v) is 3.78. The van der Waals surface area contributed by atoms with Crippen molar-refractivity contribution in [2.24, 2.45) is 0 Å². The van der Waals surface area contributed by atoms with Gasteiger partial charge in [-0.1, -0.05) is 0 Å². The Kier molecular flexibility index (Phi) is 12.5. The highest BCUT2D eigenvalue weighted by atomic mass is 19.5. The third-order valence-corrected chi connectivity index (χ3v) is 6.88. The molecule has 0 aliphatic rings. The summed E-state index contributed by atoms with van der Waals surface area (Å²) in [6, 6.07) is 0. The van der Waals surface area contributed by atoms with Crippen molar-refractivity contribution in [3.8, 4) is 0 Å². The van der Waals surface area contributed by atoms with Gasteiger partial charge in [0.25, 0.3) is 0 Å². The maximum atomic E-state index is 15.4. The number of carboxylic acids is 2. The minimum Gasteiger partial charge on any atom is -0.478 e. The Bertz CT molecular complexity index is 1500. The van der Waals surface area contributed by atoms with Gasteiger partial charge in [0.15, 0.2) is 0 Å². The van der Waals surface area contributed by atoms with Crippen molar-refractivity contribution < 1.29 is 169 Å². The largest absolute Gasteiger partial charge is 0.478 e. The zero-order chi connectivity index (χ0) is 48.3. The molecule has 38 heteroatoms. The zero-order valence-electron chi connectivity index (χ0n) is 24.6. The molecule has 0 radical (unpaired) electrons. The molecule has 0 aromatic heterocycles. The predicted molar refractivity (Wildman–Crippen MR) is 104 cm³/mol. The molecule has 0 saturated carbocycles. The molecular formula is C20H2F34O4. The first-order valence-electron chi connectivity index (χ1n) is 12.0. The lowest BCUT2D eigenvalue weighted by molar-refractivity contribution is -0.455. The average Bonchev–Trinajstić information content (AvgIpc) is 2.95. The van der Waals surface area contributed by atoms with E-state index in [2.05, 4.69) is 0 Å². The standard InChI is InChI=1S/C20H2F34O4/c21-5(17(43,44)45,7(23,24)9(27,28)11(31,32)13(35,36)15(39,40)19(49,50)51)1(3(55)56)2(4(57)58)6(22,18(46,47)48)8(25,26)10(29,30)12(33,34)14(37,38)16(41,42)20(52,53)54/h(H,55,56)(H,57,58)/b2-1-. The second kappa shape index (κ2) is 13.4. The van der Waals surface area contributed by atoms with E-state index in [1.54, 1.807) is 0 Å². The molecule has 0 spiro atoms. The number of halogens is 34. The lowest BCUT2D eigenvalue weighted by Gasteiger charge is -2.46. The zero-order valence-corrected chi connectivity index (χ0v) is 24.6. The van der Waals surface area contributed by atoms with Crippen molar-refractivity contribution in [2.45, 2.75) is 95.3 Å². The van der Waals surface area contributed by atoms with Gasteiger partial charge in [0, 0.05) is 0 Å². The predicted octanol–water partition coefficient (Wildman–Crippen LogP) is 10.5. The Labute approximate surface area is 289 Å². The van der Waals surface area contributed by atoms with E-state index in [1.807, 2.05) is 0 Å². The Morgan fingerprint density at radius 1 is 0.224 bits per heavy atom. The van der Waals surface area contributed by atoms with Crippen molar-refractivity contribution in [2.75, 3.05) is 0 Å². The van der Waals surface area contributed by atoms with Crippen molar-refractivity contribution in [3.05, 3.63) is 11.1 Å². The molecule has 0 rings (SSSR count). The molecule has 4 nitrogen and oxygen atoms in total. The first kappa shape index (κ1) is 54.3. The van der Waals surface area contributed by atoms with E-state index >= 15 is 8.78 Å². The summed E-state index contributed by atoms with van der Waals surface area (Å²) < 4.78 is 464. The molecule has 2 unspecified atom stereocenters. The fourth-order valence-electron chi connectivity index (χ4n) is 3.78. The Morgan fingerprint density at radius 3 is 0.483 bits per heavy atom. The highest BCUT2D eigenvalue weighted by molar-refractivity contribution is 6.02. The van der Waals surface area contributed by atoms with Crippen LogP contribution in [-0.4, -0.2) is 117 Å². The molecular weight excluding hydrogens is 950 g/mol. The lowest BCUT2D eigenvalue weighted by Crippen LogP contribution is -2.77. The Hall–Kier alpha value is -3.70. The van der Waals surface area contributed by atoms with E-state index in [0.29, 0.717) is 0 Å². The summed E-state index contributed by atoms with van der Waals surface area (Å²) in [6.07, 6.45) is -36.1. The maximum Gasteiger partial charge on any atom is 0.460 e. The molecule has 0 amide bonds. The first-order chi connectivity index (χ1) is 24.4. The number of carbonyl (C=O) groups is 2. The molecule has 58 heavy (non-hydrogen) atoms. The van der Waals surface area contributed by atoms with Crippen LogP contribution in [0.15, 0.2) is 11.1 Å². The number of rotatable bonds is 14. The molecule has 344 valence electrons.